The Bertz CT molecular complexity index is 402. The van der Waals surface area contributed by atoms with Crippen molar-refractivity contribution in [1.29, 1.82) is 0 Å². The summed E-state index contributed by atoms with van der Waals surface area (Å²) >= 11 is 0. The Morgan fingerprint density at radius 3 is 2.22 bits per heavy atom. The standard InChI is InChI=1S/C19H34O4/c1-13(2)9-6-5-7-11-16-15(17(20)21)10-8-12-19(16,14(3)4)18(22)23/h13-16H,5-12H2,1-4H3,(H,20,21)(H,22,23). The Hall–Kier alpha value is -1.06. The Labute approximate surface area is 140 Å². The minimum Gasteiger partial charge on any atom is -0.481 e. The van der Waals surface area contributed by atoms with Gasteiger partial charge in [-0.15, -0.1) is 0 Å². The first-order valence-electron chi connectivity index (χ1n) is 9.19. The molecule has 0 amide bonds. The number of carbonyl (C=O) groups is 2. The molecular formula is C19H34O4. The third-order valence-electron chi connectivity index (χ3n) is 5.80. The fourth-order valence-corrected chi connectivity index (χ4v) is 4.44. The van der Waals surface area contributed by atoms with Crippen LogP contribution in [-0.2, 0) is 9.59 Å². The highest BCUT2D eigenvalue weighted by Crippen LogP contribution is 2.51. The fraction of sp³-hybridized carbons (Fsp3) is 0.895. The van der Waals surface area contributed by atoms with E-state index < -0.39 is 23.3 Å². The van der Waals surface area contributed by atoms with Gasteiger partial charge < -0.3 is 10.2 Å². The van der Waals surface area contributed by atoms with Crippen molar-refractivity contribution in [2.24, 2.45) is 29.1 Å². The van der Waals surface area contributed by atoms with Crippen LogP contribution in [0.15, 0.2) is 0 Å². The molecule has 1 fully saturated rings. The van der Waals surface area contributed by atoms with Crippen LogP contribution in [-0.4, -0.2) is 22.2 Å². The molecule has 0 saturated heterocycles. The lowest BCUT2D eigenvalue weighted by Gasteiger charge is -2.47. The third kappa shape index (κ3) is 4.71. The molecule has 3 atom stereocenters. The molecule has 1 saturated carbocycles. The van der Waals surface area contributed by atoms with Crippen LogP contribution in [0.2, 0.25) is 0 Å². The number of unbranched alkanes of at least 4 members (excludes halogenated alkanes) is 2. The molecule has 1 aliphatic carbocycles. The molecule has 3 unspecified atom stereocenters. The monoisotopic (exact) mass is 326 g/mol. The first-order valence-corrected chi connectivity index (χ1v) is 9.19. The maximum Gasteiger partial charge on any atom is 0.310 e. The minimum atomic E-state index is -0.876. The van der Waals surface area contributed by atoms with Crippen molar-refractivity contribution in [2.45, 2.75) is 79.1 Å². The van der Waals surface area contributed by atoms with E-state index in [0.717, 1.165) is 25.7 Å². The van der Waals surface area contributed by atoms with Gasteiger partial charge in [0.15, 0.2) is 0 Å². The summed E-state index contributed by atoms with van der Waals surface area (Å²) in [5, 5.41) is 19.5. The zero-order chi connectivity index (χ0) is 17.6. The van der Waals surface area contributed by atoms with Gasteiger partial charge in [0.2, 0.25) is 0 Å². The van der Waals surface area contributed by atoms with E-state index in [-0.39, 0.29) is 11.8 Å². The average Bonchev–Trinajstić information content (AvgIpc) is 2.45. The van der Waals surface area contributed by atoms with E-state index >= 15 is 0 Å². The van der Waals surface area contributed by atoms with E-state index in [1.165, 1.54) is 6.42 Å². The van der Waals surface area contributed by atoms with Gasteiger partial charge in [-0.2, -0.15) is 0 Å². The second-order valence-electron chi connectivity index (χ2n) is 7.98. The lowest BCUT2D eigenvalue weighted by atomic mass is 9.55. The zero-order valence-electron chi connectivity index (χ0n) is 15.2. The molecule has 134 valence electrons. The van der Waals surface area contributed by atoms with E-state index in [4.69, 9.17) is 0 Å². The summed E-state index contributed by atoms with van der Waals surface area (Å²) in [5.74, 6) is -1.72. The summed E-state index contributed by atoms with van der Waals surface area (Å²) in [5.41, 5.74) is -0.876. The van der Waals surface area contributed by atoms with Gasteiger partial charge in [-0.3, -0.25) is 9.59 Å². The second-order valence-corrected chi connectivity index (χ2v) is 7.98. The molecule has 1 aliphatic rings. The molecule has 0 spiro atoms. The molecule has 0 aromatic heterocycles. The molecule has 0 aromatic rings. The number of carboxylic acid groups (broad SMARTS) is 2. The van der Waals surface area contributed by atoms with Crippen LogP contribution in [0.25, 0.3) is 0 Å². The minimum absolute atomic E-state index is 0.0391. The molecule has 4 nitrogen and oxygen atoms in total. The summed E-state index contributed by atoms with van der Waals surface area (Å²) in [6.45, 7) is 8.28. The highest BCUT2D eigenvalue weighted by molar-refractivity contribution is 5.78. The zero-order valence-corrected chi connectivity index (χ0v) is 15.2. The summed E-state index contributed by atoms with van der Waals surface area (Å²) < 4.78 is 0. The highest BCUT2D eigenvalue weighted by atomic mass is 16.4. The summed E-state index contributed by atoms with van der Waals surface area (Å²) in [7, 11) is 0. The fourth-order valence-electron chi connectivity index (χ4n) is 4.44. The Morgan fingerprint density at radius 1 is 1.09 bits per heavy atom. The second kappa shape index (κ2) is 8.70. The molecule has 4 heteroatoms. The Kier molecular flexibility index (Phi) is 7.56. The number of aliphatic carboxylic acids is 2. The molecule has 0 bridgehead atoms. The SMILES string of the molecule is CC(C)CCCCCC1C(C(=O)O)CCCC1(C(=O)O)C(C)C. The van der Waals surface area contributed by atoms with E-state index in [0.29, 0.717) is 25.2 Å². The lowest BCUT2D eigenvalue weighted by molar-refractivity contribution is -0.168. The molecule has 0 heterocycles. The Morgan fingerprint density at radius 2 is 1.74 bits per heavy atom. The van der Waals surface area contributed by atoms with Crippen molar-refractivity contribution < 1.29 is 19.8 Å². The first kappa shape index (κ1) is 20.0. The quantitative estimate of drug-likeness (QED) is 0.596. The smallest absolute Gasteiger partial charge is 0.310 e. The van der Waals surface area contributed by atoms with Crippen LogP contribution in [0.3, 0.4) is 0 Å². The van der Waals surface area contributed by atoms with Crippen LogP contribution >= 0.6 is 0 Å². The van der Waals surface area contributed by atoms with E-state index in [9.17, 15) is 19.8 Å². The number of rotatable bonds is 9. The number of carboxylic acids is 2. The van der Waals surface area contributed by atoms with Gasteiger partial charge >= 0.3 is 11.9 Å². The summed E-state index contributed by atoms with van der Waals surface area (Å²) in [6, 6.07) is 0. The van der Waals surface area contributed by atoms with Crippen LogP contribution in [0, 0.1) is 29.1 Å². The van der Waals surface area contributed by atoms with Gasteiger partial charge in [-0.1, -0.05) is 59.8 Å². The number of hydrogen-bond acceptors (Lipinski definition) is 2. The van der Waals surface area contributed by atoms with Crippen molar-refractivity contribution in [3.63, 3.8) is 0 Å². The average molecular weight is 326 g/mol. The maximum atomic E-state index is 12.1. The molecule has 2 N–H and O–H groups in total. The molecule has 23 heavy (non-hydrogen) atoms. The van der Waals surface area contributed by atoms with Crippen LogP contribution in [0.5, 0.6) is 0 Å². The highest BCUT2D eigenvalue weighted by Gasteiger charge is 2.54. The summed E-state index contributed by atoms with van der Waals surface area (Å²) in [6.07, 6.45) is 6.97. The van der Waals surface area contributed by atoms with Gasteiger partial charge in [0.25, 0.3) is 0 Å². The summed E-state index contributed by atoms with van der Waals surface area (Å²) in [4.78, 5) is 23.8. The van der Waals surface area contributed by atoms with Crippen LogP contribution < -0.4 is 0 Å². The van der Waals surface area contributed by atoms with E-state index in [1.807, 2.05) is 13.8 Å². The third-order valence-corrected chi connectivity index (χ3v) is 5.80. The lowest BCUT2D eigenvalue weighted by Crippen LogP contribution is -2.50. The topological polar surface area (TPSA) is 74.6 Å². The first-order chi connectivity index (χ1) is 10.7. The molecule has 0 radical (unpaired) electrons. The van der Waals surface area contributed by atoms with Crippen molar-refractivity contribution in [1.82, 2.24) is 0 Å². The molecule has 0 aliphatic heterocycles. The Balaban J connectivity index is 2.86. The van der Waals surface area contributed by atoms with Crippen molar-refractivity contribution in [3.05, 3.63) is 0 Å². The van der Waals surface area contributed by atoms with Gasteiger partial charge in [0.1, 0.15) is 0 Å². The van der Waals surface area contributed by atoms with Gasteiger partial charge in [-0.05, 0) is 37.0 Å². The normalized spacial score (nSPS) is 28.3. The van der Waals surface area contributed by atoms with Crippen molar-refractivity contribution >= 4 is 11.9 Å². The largest absolute Gasteiger partial charge is 0.481 e. The van der Waals surface area contributed by atoms with Crippen molar-refractivity contribution in [3.8, 4) is 0 Å². The van der Waals surface area contributed by atoms with E-state index in [1.54, 1.807) is 0 Å². The molecule has 1 rings (SSSR count). The molecule has 0 aromatic carbocycles. The van der Waals surface area contributed by atoms with Crippen LogP contribution in [0.1, 0.15) is 79.1 Å². The molecular weight excluding hydrogens is 292 g/mol. The number of hydrogen-bond donors (Lipinski definition) is 2. The van der Waals surface area contributed by atoms with E-state index in [2.05, 4.69) is 13.8 Å². The van der Waals surface area contributed by atoms with Crippen LogP contribution in [0.4, 0.5) is 0 Å². The van der Waals surface area contributed by atoms with Gasteiger partial charge in [0, 0.05) is 0 Å². The maximum absolute atomic E-state index is 12.1. The predicted molar refractivity (Wildman–Crippen MR) is 91.3 cm³/mol. The van der Waals surface area contributed by atoms with Gasteiger partial charge in [-0.25, -0.2) is 0 Å². The predicted octanol–water partition coefficient (Wildman–Crippen LogP) is 4.82. The van der Waals surface area contributed by atoms with Gasteiger partial charge in [0.05, 0.1) is 11.3 Å². The van der Waals surface area contributed by atoms with Crippen molar-refractivity contribution in [2.75, 3.05) is 0 Å².